The van der Waals surface area contributed by atoms with Crippen LogP contribution in [-0.2, 0) is 6.42 Å². The van der Waals surface area contributed by atoms with Gasteiger partial charge in [-0.2, -0.15) is 0 Å². The SMILES string of the molecule is CCc1cc2cncnc2n(C2CCCC2)c1=O. The molecule has 0 bridgehead atoms. The average molecular weight is 243 g/mol. The van der Waals surface area contributed by atoms with E-state index in [0.29, 0.717) is 6.04 Å². The van der Waals surface area contributed by atoms with Crippen molar-refractivity contribution in [2.45, 2.75) is 45.1 Å². The van der Waals surface area contributed by atoms with E-state index in [-0.39, 0.29) is 5.56 Å². The van der Waals surface area contributed by atoms with Crippen LogP contribution in [0.25, 0.3) is 11.0 Å². The van der Waals surface area contributed by atoms with Crippen LogP contribution in [0.5, 0.6) is 0 Å². The Morgan fingerprint density at radius 2 is 2.17 bits per heavy atom. The van der Waals surface area contributed by atoms with Gasteiger partial charge in [0.1, 0.15) is 12.0 Å². The van der Waals surface area contributed by atoms with Crippen molar-refractivity contribution in [2.24, 2.45) is 0 Å². The number of aromatic nitrogens is 3. The normalized spacial score (nSPS) is 16.5. The second-order valence-corrected chi connectivity index (χ2v) is 4.94. The van der Waals surface area contributed by atoms with Crippen molar-refractivity contribution < 1.29 is 0 Å². The molecule has 0 aromatic carbocycles. The smallest absolute Gasteiger partial charge is 0.255 e. The molecule has 0 unspecified atom stereocenters. The fraction of sp³-hybridized carbons (Fsp3) is 0.500. The number of fused-ring (bicyclic) bond motifs is 1. The maximum atomic E-state index is 12.5. The maximum Gasteiger partial charge on any atom is 0.255 e. The minimum absolute atomic E-state index is 0.135. The Morgan fingerprint density at radius 1 is 1.39 bits per heavy atom. The molecule has 94 valence electrons. The summed E-state index contributed by atoms with van der Waals surface area (Å²) in [4.78, 5) is 20.9. The van der Waals surface area contributed by atoms with E-state index in [0.717, 1.165) is 35.9 Å². The largest absolute Gasteiger partial charge is 0.289 e. The van der Waals surface area contributed by atoms with Gasteiger partial charge in [0.15, 0.2) is 0 Å². The van der Waals surface area contributed by atoms with Crippen molar-refractivity contribution in [1.82, 2.24) is 14.5 Å². The topological polar surface area (TPSA) is 47.8 Å². The standard InChI is InChI=1S/C14H17N3O/c1-2-10-7-11-8-15-9-16-13(11)17(14(10)18)12-5-3-4-6-12/h7-9,12H,2-6H2,1H3. The van der Waals surface area contributed by atoms with Crippen molar-refractivity contribution in [2.75, 3.05) is 0 Å². The van der Waals surface area contributed by atoms with E-state index in [2.05, 4.69) is 9.97 Å². The van der Waals surface area contributed by atoms with E-state index in [1.54, 1.807) is 6.20 Å². The minimum atomic E-state index is 0.135. The first-order valence-corrected chi connectivity index (χ1v) is 6.65. The Balaban J connectivity index is 2.31. The van der Waals surface area contributed by atoms with Crippen molar-refractivity contribution in [3.8, 4) is 0 Å². The summed E-state index contributed by atoms with van der Waals surface area (Å²) in [7, 11) is 0. The zero-order valence-electron chi connectivity index (χ0n) is 10.6. The number of rotatable bonds is 2. The van der Waals surface area contributed by atoms with Gasteiger partial charge in [0.2, 0.25) is 0 Å². The Bertz CT molecular complexity index is 626. The second-order valence-electron chi connectivity index (χ2n) is 4.94. The lowest BCUT2D eigenvalue weighted by molar-refractivity contribution is 0.513. The van der Waals surface area contributed by atoms with Crippen LogP contribution in [0.4, 0.5) is 0 Å². The lowest BCUT2D eigenvalue weighted by Gasteiger charge is -2.17. The molecule has 4 heteroatoms. The molecule has 0 radical (unpaired) electrons. The fourth-order valence-electron chi connectivity index (χ4n) is 2.89. The molecule has 0 N–H and O–H groups in total. The first-order chi connectivity index (χ1) is 8.81. The van der Waals surface area contributed by atoms with Gasteiger partial charge in [0.25, 0.3) is 5.56 Å². The van der Waals surface area contributed by atoms with Gasteiger partial charge in [-0.25, -0.2) is 9.97 Å². The summed E-state index contributed by atoms with van der Waals surface area (Å²) in [6.07, 6.45) is 8.68. The zero-order chi connectivity index (χ0) is 12.5. The zero-order valence-corrected chi connectivity index (χ0v) is 10.6. The van der Waals surface area contributed by atoms with E-state index < -0.39 is 0 Å². The highest BCUT2D eigenvalue weighted by Crippen LogP contribution is 2.30. The summed E-state index contributed by atoms with van der Waals surface area (Å²) < 4.78 is 1.91. The fourth-order valence-corrected chi connectivity index (χ4v) is 2.89. The molecular formula is C14H17N3O. The number of pyridine rings is 1. The average Bonchev–Trinajstić information content (AvgIpc) is 2.91. The third-order valence-electron chi connectivity index (χ3n) is 3.84. The summed E-state index contributed by atoms with van der Waals surface area (Å²) in [5.41, 5.74) is 1.79. The third kappa shape index (κ3) is 1.72. The van der Waals surface area contributed by atoms with Crippen LogP contribution in [0, 0.1) is 0 Å². The molecule has 4 nitrogen and oxygen atoms in total. The van der Waals surface area contributed by atoms with E-state index >= 15 is 0 Å². The van der Waals surface area contributed by atoms with Crippen LogP contribution >= 0.6 is 0 Å². The molecule has 1 saturated carbocycles. The van der Waals surface area contributed by atoms with Gasteiger partial charge in [-0.15, -0.1) is 0 Å². The molecule has 2 aromatic rings. The summed E-state index contributed by atoms with van der Waals surface area (Å²) in [5.74, 6) is 0. The molecule has 0 spiro atoms. The third-order valence-corrected chi connectivity index (χ3v) is 3.84. The van der Waals surface area contributed by atoms with E-state index in [1.165, 1.54) is 19.2 Å². The molecule has 0 amide bonds. The molecule has 0 atom stereocenters. The summed E-state index contributed by atoms with van der Waals surface area (Å²) >= 11 is 0. The van der Waals surface area contributed by atoms with Gasteiger partial charge >= 0.3 is 0 Å². The molecule has 1 aliphatic carbocycles. The predicted molar refractivity (Wildman–Crippen MR) is 70.7 cm³/mol. The minimum Gasteiger partial charge on any atom is -0.289 e. The second kappa shape index (κ2) is 4.52. The van der Waals surface area contributed by atoms with E-state index in [4.69, 9.17) is 0 Å². The van der Waals surface area contributed by atoms with Gasteiger partial charge in [-0.05, 0) is 25.3 Å². The van der Waals surface area contributed by atoms with Crippen LogP contribution in [0.1, 0.15) is 44.2 Å². The van der Waals surface area contributed by atoms with Crippen LogP contribution in [-0.4, -0.2) is 14.5 Å². The van der Waals surface area contributed by atoms with Crippen LogP contribution in [0.3, 0.4) is 0 Å². The van der Waals surface area contributed by atoms with Crippen LogP contribution in [0.2, 0.25) is 0 Å². The van der Waals surface area contributed by atoms with Crippen molar-refractivity contribution >= 4 is 11.0 Å². The molecule has 18 heavy (non-hydrogen) atoms. The molecule has 1 aliphatic rings. The Labute approximate surface area is 106 Å². The van der Waals surface area contributed by atoms with Crippen molar-refractivity contribution in [3.05, 3.63) is 34.5 Å². The molecule has 2 aromatic heterocycles. The van der Waals surface area contributed by atoms with Crippen molar-refractivity contribution in [1.29, 1.82) is 0 Å². The van der Waals surface area contributed by atoms with Gasteiger partial charge in [-0.1, -0.05) is 19.8 Å². The number of aryl methyl sites for hydroxylation is 1. The molecule has 0 aliphatic heterocycles. The first kappa shape index (κ1) is 11.4. The number of nitrogens with zero attached hydrogens (tertiary/aromatic N) is 3. The van der Waals surface area contributed by atoms with Gasteiger partial charge in [0, 0.05) is 23.2 Å². The summed E-state index contributed by atoms with van der Waals surface area (Å²) in [6.45, 7) is 2.02. The number of hydrogen-bond donors (Lipinski definition) is 0. The van der Waals surface area contributed by atoms with E-state index in [9.17, 15) is 4.79 Å². The Hall–Kier alpha value is -1.71. The highest BCUT2D eigenvalue weighted by Gasteiger charge is 2.21. The lowest BCUT2D eigenvalue weighted by Crippen LogP contribution is -2.27. The van der Waals surface area contributed by atoms with E-state index in [1.807, 2.05) is 17.6 Å². The lowest BCUT2D eigenvalue weighted by atomic mass is 10.1. The highest BCUT2D eigenvalue weighted by molar-refractivity contribution is 5.74. The molecule has 0 saturated heterocycles. The Kier molecular flexibility index (Phi) is 2.86. The summed E-state index contributed by atoms with van der Waals surface area (Å²) in [6, 6.07) is 2.25. The van der Waals surface area contributed by atoms with Gasteiger partial charge < -0.3 is 0 Å². The monoisotopic (exact) mass is 243 g/mol. The first-order valence-electron chi connectivity index (χ1n) is 6.65. The van der Waals surface area contributed by atoms with Crippen molar-refractivity contribution in [3.63, 3.8) is 0 Å². The molecule has 2 heterocycles. The summed E-state index contributed by atoms with van der Waals surface area (Å²) in [5, 5.41) is 0.973. The molecule has 1 fully saturated rings. The Morgan fingerprint density at radius 3 is 2.89 bits per heavy atom. The molecule has 3 rings (SSSR count). The van der Waals surface area contributed by atoms with Crippen LogP contribution in [0.15, 0.2) is 23.4 Å². The maximum absolute atomic E-state index is 12.5. The molecular weight excluding hydrogens is 226 g/mol. The van der Waals surface area contributed by atoms with Crippen LogP contribution < -0.4 is 5.56 Å². The predicted octanol–water partition coefficient (Wildman–Crippen LogP) is 2.47. The van der Waals surface area contributed by atoms with Gasteiger partial charge in [0.05, 0.1) is 0 Å². The highest BCUT2D eigenvalue weighted by atomic mass is 16.1. The van der Waals surface area contributed by atoms with Gasteiger partial charge in [-0.3, -0.25) is 9.36 Å². The quantitative estimate of drug-likeness (QED) is 0.814. The number of hydrogen-bond acceptors (Lipinski definition) is 3.